The lowest BCUT2D eigenvalue weighted by Crippen LogP contribution is -2.66. The normalized spacial score (nSPS) is 35.9. The van der Waals surface area contributed by atoms with Gasteiger partial charge in [0.05, 0.1) is 26.4 Å². The first-order valence-electron chi connectivity index (χ1n) is 16.0. The molecule has 0 unspecified atom stereocenters. The van der Waals surface area contributed by atoms with Crippen LogP contribution in [0.15, 0.2) is 48.5 Å². The molecule has 3 aliphatic rings. The number of ether oxygens (including phenoxy) is 7. The summed E-state index contributed by atoms with van der Waals surface area (Å²) in [6, 6.07) is 9.96. The average molecular weight is 727 g/mol. The van der Waals surface area contributed by atoms with Crippen molar-refractivity contribution < 1.29 is 89.0 Å². The number of phenols is 3. The fourth-order valence-electron chi connectivity index (χ4n) is 5.65. The molecule has 13 atom stereocenters. The molecule has 3 saturated heterocycles. The van der Waals surface area contributed by atoms with Gasteiger partial charge in [-0.25, -0.2) is 4.79 Å². The number of rotatable bonds is 12. The summed E-state index contributed by atoms with van der Waals surface area (Å²) in [6.07, 6.45) is -18.6. The predicted molar refractivity (Wildman–Crippen MR) is 167 cm³/mol. The number of esters is 1. The summed E-state index contributed by atoms with van der Waals surface area (Å²) in [4.78, 5) is 13.2. The maximum absolute atomic E-state index is 13.2. The van der Waals surface area contributed by atoms with Gasteiger partial charge in [-0.1, -0.05) is 18.2 Å². The molecular weight excluding hydrogens is 684 g/mol. The molecule has 0 radical (unpaired) electrons. The van der Waals surface area contributed by atoms with Crippen LogP contribution in [0.2, 0.25) is 0 Å². The lowest BCUT2D eigenvalue weighted by Gasteiger charge is -2.48. The minimum absolute atomic E-state index is 0.00253. The molecule has 0 spiro atoms. The quantitative estimate of drug-likeness (QED) is 0.0607. The summed E-state index contributed by atoms with van der Waals surface area (Å²) in [5, 5.41) is 102. The van der Waals surface area contributed by atoms with E-state index in [0.717, 1.165) is 6.08 Å². The van der Waals surface area contributed by atoms with Crippen molar-refractivity contribution in [3.05, 3.63) is 59.7 Å². The van der Waals surface area contributed by atoms with Gasteiger partial charge >= 0.3 is 5.97 Å². The molecule has 2 aromatic rings. The van der Waals surface area contributed by atoms with E-state index >= 15 is 0 Å². The van der Waals surface area contributed by atoms with Crippen molar-refractivity contribution in [2.24, 2.45) is 0 Å². The Morgan fingerprint density at radius 2 is 1.35 bits per heavy atom. The number of phenolic OH excluding ortho intramolecular Hbond substituents is 3. The summed E-state index contributed by atoms with van der Waals surface area (Å²) in [6.45, 7) is -1.88. The third kappa shape index (κ3) is 9.50. The van der Waals surface area contributed by atoms with Crippen LogP contribution < -0.4 is 0 Å². The molecule has 3 fully saturated rings. The molecule has 3 aliphatic heterocycles. The van der Waals surface area contributed by atoms with E-state index < -0.39 is 106 Å². The zero-order chi connectivity index (χ0) is 36.8. The van der Waals surface area contributed by atoms with E-state index in [0.29, 0.717) is 11.1 Å². The topological polar surface area (TPSA) is 284 Å². The van der Waals surface area contributed by atoms with Gasteiger partial charge in [0, 0.05) is 6.08 Å². The van der Waals surface area contributed by atoms with E-state index in [1.54, 1.807) is 0 Å². The highest BCUT2D eigenvalue weighted by atomic mass is 16.8. The Bertz CT molecular complexity index is 1460. The SMILES string of the molecule is O=C(/C=C/c1ccc(O)cc1)O[C@H]1[C@H](O[C@@H]2OC[C@@H](O)[C@@H](O)[C@@H]2O)[C@@H](O[C@@H]2OC[C@@H](O)[C@@H](O)[C@@H]2O)[C@H](OCCc2ccc(O)c(O)c2)O[C@@H]1CO. The molecule has 18 nitrogen and oxygen atoms in total. The van der Waals surface area contributed by atoms with E-state index in [-0.39, 0.29) is 30.3 Å². The Morgan fingerprint density at radius 1 is 0.745 bits per heavy atom. The highest BCUT2D eigenvalue weighted by Crippen LogP contribution is 2.34. The van der Waals surface area contributed by atoms with E-state index in [2.05, 4.69) is 0 Å². The van der Waals surface area contributed by atoms with Crippen LogP contribution >= 0.6 is 0 Å². The summed E-state index contributed by atoms with van der Waals surface area (Å²) >= 11 is 0. The third-order valence-corrected chi connectivity index (χ3v) is 8.53. The van der Waals surface area contributed by atoms with Crippen LogP contribution in [0, 0.1) is 0 Å². The summed E-state index contributed by atoms with van der Waals surface area (Å²) < 4.78 is 40.7. The Kier molecular flexibility index (Phi) is 13.2. The zero-order valence-electron chi connectivity index (χ0n) is 27.0. The molecule has 282 valence electrons. The standard InChI is InChI=1S/C33H42O18/c34-12-22-28(49-23(40)8-4-15-1-5-17(35)6-2-15)29(50-31-26(43)24(41)20(38)13-46-31)30(51-32-27(44)25(42)21(39)14-47-32)33(48-22)45-10-9-16-3-7-18(36)19(37)11-16/h1-8,11,20-22,24-39,41-44H,9-10,12-14H2/b8-4+/t20-,21-,22-,24-,25-,26+,27+,28-,29+,30-,31+,32+,33-/m1/s1. The minimum atomic E-state index is -1.84. The first-order valence-corrected chi connectivity index (χ1v) is 16.0. The molecule has 10 N–H and O–H groups in total. The van der Waals surface area contributed by atoms with Gasteiger partial charge in [0.15, 0.2) is 36.5 Å². The van der Waals surface area contributed by atoms with E-state index in [1.807, 2.05) is 0 Å². The number of carbonyl (C=O) groups excluding carboxylic acids is 1. The van der Waals surface area contributed by atoms with Gasteiger partial charge in [-0.3, -0.25) is 0 Å². The molecule has 3 heterocycles. The number of aliphatic hydroxyl groups excluding tert-OH is 7. The van der Waals surface area contributed by atoms with Crippen molar-refractivity contribution in [1.29, 1.82) is 0 Å². The number of carbonyl (C=O) groups is 1. The fraction of sp³-hybridized carbons (Fsp3) is 0.545. The maximum Gasteiger partial charge on any atom is 0.331 e. The van der Waals surface area contributed by atoms with Gasteiger partial charge in [0.25, 0.3) is 0 Å². The van der Waals surface area contributed by atoms with E-state index in [9.17, 15) is 55.9 Å². The van der Waals surface area contributed by atoms with Crippen molar-refractivity contribution >= 4 is 12.0 Å². The van der Waals surface area contributed by atoms with Crippen LogP contribution in [0.25, 0.3) is 6.08 Å². The second-order valence-corrected chi connectivity index (χ2v) is 12.2. The van der Waals surface area contributed by atoms with Gasteiger partial charge in [-0.15, -0.1) is 0 Å². The van der Waals surface area contributed by atoms with Crippen molar-refractivity contribution in [3.63, 3.8) is 0 Å². The van der Waals surface area contributed by atoms with Crippen molar-refractivity contribution in [1.82, 2.24) is 0 Å². The number of hydrogen-bond donors (Lipinski definition) is 10. The fourth-order valence-corrected chi connectivity index (χ4v) is 5.65. The van der Waals surface area contributed by atoms with Gasteiger partial charge < -0.3 is 84.2 Å². The van der Waals surface area contributed by atoms with Crippen LogP contribution in [0.1, 0.15) is 11.1 Å². The molecule has 0 aromatic heterocycles. The molecule has 0 saturated carbocycles. The van der Waals surface area contributed by atoms with Gasteiger partial charge in [0.2, 0.25) is 0 Å². The highest BCUT2D eigenvalue weighted by molar-refractivity contribution is 5.87. The van der Waals surface area contributed by atoms with Crippen molar-refractivity contribution in [2.45, 2.75) is 86.3 Å². The predicted octanol–water partition coefficient (Wildman–Crippen LogP) is -2.65. The average Bonchev–Trinajstić information content (AvgIpc) is 3.11. The lowest BCUT2D eigenvalue weighted by atomic mass is 9.97. The highest BCUT2D eigenvalue weighted by Gasteiger charge is 2.54. The van der Waals surface area contributed by atoms with E-state index in [1.165, 1.54) is 48.5 Å². The number of benzene rings is 2. The molecular formula is C33H42O18. The minimum Gasteiger partial charge on any atom is -0.508 e. The van der Waals surface area contributed by atoms with Gasteiger partial charge in [-0.05, 0) is 47.9 Å². The smallest absolute Gasteiger partial charge is 0.331 e. The van der Waals surface area contributed by atoms with Crippen LogP contribution in [0.5, 0.6) is 17.2 Å². The maximum atomic E-state index is 13.2. The second kappa shape index (κ2) is 17.4. The van der Waals surface area contributed by atoms with Crippen LogP contribution in [-0.2, 0) is 44.4 Å². The first kappa shape index (κ1) is 38.8. The molecule has 5 rings (SSSR count). The van der Waals surface area contributed by atoms with Gasteiger partial charge in [-0.2, -0.15) is 0 Å². The molecule has 2 aromatic carbocycles. The number of aromatic hydroxyl groups is 3. The zero-order valence-corrected chi connectivity index (χ0v) is 27.0. The van der Waals surface area contributed by atoms with E-state index in [4.69, 9.17) is 33.2 Å². The first-order chi connectivity index (χ1) is 24.4. The van der Waals surface area contributed by atoms with Crippen molar-refractivity contribution in [2.75, 3.05) is 26.4 Å². The molecule has 18 heteroatoms. The van der Waals surface area contributed by atoms with Gasteiger partial charge in [0.1, 0.15) is 60.7 Å². The summed E-state index contributed by atoms with van der Waals surface area (Å²) in [7, 11) is 0. The summed E-state index contributed by atoms with van der Waals surface area (Å²) in [5.74, 6) is -1.68. The van der Waals surface area contributed by atoms with Crippen molar-refractivity contribution in [3.8, 4) is 17.2 Å². The number of hydrogen-bond acceptors (Lipinski definition) is 18. The second-order valence-electron chi connectivity index (χ2n) is 12.2. The number of aliphatic hydroxyl groups is 7. The third-order valence-electron chi connectivity index (χ3n) is 8.53. The largest absolute Gasteiger partial charge is 0.508 e. The Hall–Kier alpha value is -3.47. The molecule has 0 amide bonds. The van der Waals surface area contributed by atoms with Crippen LogP contribution in [-0.4, -0.2) is 163 Å². The molecule has 51 heavy (non-hydrogen) atoms. The Morgan fingerprint density at radius 3 is 1.94 bits per heavy atom. The monoisotopic (exact) mass is 726 g/mol. The Labute approximate surface area is 290 Å². The Balaban J connectivity index is 1.45. The van der Waals surface area contributed by atoms with Crippen LogP contribution in [0.3, 0.4) is 0 Å². The lowest BCUT2D eigenvalue weighted by molar-refractivity contribution is -0.381. The summed E-state index contributed by atoms with van der Waals surface area (Å²) in [5.41, 5.74) is 1.05. The molecule has 0 bridgehead atoms. The van der Waals surface area contributed by atoms with Crippen LogP contribution in [0.4, 0.5) is 0 Å². The molecule has 0 aliphatic carbocycles.